The van der Waals surface area contributed by atoms with Crippen LogP contribution in [0.5, 0.6) is 5.75 Å². The number of methoxy groups -OCH3 is 1. The summed E-state index contributed by atoms with van der Waals surface area (Å²) < 4.78 is 18.4. The van der Waals surface area contributed by atoms with Crippen molar-refractivity contribution in [1.82, 2.24) is 0 Å². The first-order valence-electron chi connectivity index (χ1n) is 6.59. The lowest BCUT2D eigenvalue weighted by atomic mass is 10.2. The van der Waals surface area contributed by atoms with E-state index in [2.05, 4.69) is 10.6 Å². The molecule has 0 aliphatic rings. The summed E-state index contributed by atoms with van der Waals surface area (Å²) in [5.74, 6) is 0.313. The minimum atomic E-state index is -0.281. The Kier molecular flexibility index (Phi) is 5.21. The van der Waals surface area contributed by atoms with E-state index >= 15 is 0 Å². The Hall–Kier alpha value is -1.85. The largest absolute Gasteiger partial charge is 0.495 e. The molecule has 0 atom stereocenters. The lowest BCUT2D eigenvalue weighted by Crippen LogP contribution is -2.20. The first-order chi connectivity index (χ1) is 10.4. The molecule has 0 saturated carbocycles. The molecule has 2 aromatic carbocycles. The van der Waals surface area contributed by atoms with Crippen molar-refractivity contribution in [3.05, 3.63) is 52.3 Å². The first-order valence-corrected chi connectivity index (χ1v) is 7.37. The zero-order valence-corrected chi connectivity index (χ0v) is 14.0. The number of hydrogen-bond acceptors (Lipinski definition) is 2. The molecule has 2 aromatic rings. The second-order valence-electron chi connectivity index (χ2n) is 4.84. The molecule has 0 saturated heterocycles. The highest BCUT2D eigenvalue weighted by Gasteiger charge is 2.09. The third-order valence-corrected chi connectivity index (χ3v) is 3.78. The molecular formula is C16H16ClFN2OS. The van der Waals surface area contributed by atoms with Crippen LogP contribution in [0.25, 0.3) is 0 Å². The molecule has 6 heteroatoms. The van der Waals surface area contributed by atoms with E-state index in [1.54, 1.807) is 26.2 Å². The van der Waals surface area contributed by atoms with Crippen LogP contribution >= 0.6 is 23.8 Å². The minimum absolute atomic E-state index is 0.281. The molecule has 0 aliphatic carbocycles. The van der Waals surface area contributed by atoms with Crippen LogP contribution in [0, 0.1) is 19.7 Å². The second kappa shape index (κ2) is 6.94. The highest BCUT2D eigenvalue weighted by molar-refractivity contribution is 7.80. The maximum Gasteiger partial charge on any atom is 0.175 e. The van der Waals surface area contributed by atoms with Gasteiger partial charge in [0.1, 0.15) is 11.6 Å². The summed E-state index contributed by atoms with van der Waals surface area (Å²) in [4.78, 5) is 0. The molecule has 2 rings (SSSR count). The summed E-state index contributed by atoms with van der Waals surface area (Å²) >= 11 is 11.4. The summed E-state index contributed by atoms with van der Waals surface area (Å²) in [6, 6.07) is 8.05. The van der Waals surface area contributed by atoms with E-state index in [1.807, 2.05) is 13.0 Å². The number of nitrogens with one attached hydrogen (secondary N) is 2. The van der Waals surface area contributed by atoms with Gasteiger partial charge in [0.15, 0.2) is 5.11 Å². The van der Waals surface area contributed by atoms with E-state index in [9.17, 15) is 4.39 Å². The van der Waals surface area contributed by atoms with Crippen molar-refractivity contribution >= 4 is 40.3 Å². The van der Waals surface area contributed by atoms with Crippen molar-refractivity contribution in [3.63, 3.8) is 0 Å². The second-order valence-corrected chi connectivity index (χ2v) is 5.66. The van der Waals surface area contributed by atoms with Gasteiger partial charge in [0.2, 0.25) is 0 Å². The predicted molar refractivity (Wildman–Crippen MR) is 93.7 cm³/mol. The summed E-state index contributed by atoms with van der Waals surface area (Å²) in [7, 11) is 1.56. The predicted octanol–water partition coefficient (Wildman–Crippen LogP) is 4.91. The zero-order chi connectivity index (χ0) is 16.3. The maximum absolute atomic E-state index is 13.1. The van der Waals surface area contributed by atoms with Gasteiger partial charge in [-0.2, -0.15) is 0 Å². The average molecular weight is 339 g/mol. The number of rotatable bonds is 3. The summed E-state index contributed by atoms with van der Waals surface area (Å²) in [5, 5.41) is 7.10. The fraction of sp³-hybridized carbons (Fsp3) is 0.188. The van der Waals surface area contributed by atoms with Gasteiger partial charge in [0.05, 0.1) is 12.8 Å². The number of anilines is 2. The van der Waals surface area contributed by atoms with E-state index in [0.29, 0.717) is 21.6 Å². The summed E-state index contributed by atoms with van der Waals surface area (Å²) in [6.07, 6.45) is 0. The first kappa shape index (κ1) is 16.5. The Morgan fingerprint density at radius 1 is 1.09 bits per heavy atom. The number of thiocarbonyl (C=S) groups is 1. The number of benzene rings is 2. The molecule has 0 bridgehead atoms. The molecule has 0 radical (unpaired) electrons. The summed E-state index contributed by atoms with van der Waals surface area (Å²) in [5.41, 5.74) is 3.12. The molecule has 22 heavy (non-hydrogen) atoms. The van der Waals surface area contributed by atoms with E-state index < -0.39 is 0 Å². The van der Waals surface area contributed by atoms with Crippen molar-refractivity contribution in [2.75, 3.05) is 17.7 Å². The van der Waals surface area contributed by atoms with E-state index in [0.717, 1.165) is 16.8 Å². The monoisotopic (exact) mass is 338 g/mol. The fourth-order valence-electron chi connectivity index (χ4n) is 1.97. The fourth-order valence-corrected chi connectivity index (χ4v) is 2.35. The molecular weight excluding hydrogens is 323 g/mol. The molecule has 0 fully saturated rings. The lowest BCUT2D eigenvalue weighted by Gasteiger charge is -2.16. The zero-order valence-electron chi connectivity index (χ0n) is 12.5. The smallest absolute Gasteiger partial charge is 0.175 e. The van der Waals surface area contributed by atoms with Crippen LogP contribution in [0.2, 0.25) is 5.02 Å². The Labute approximate surface area is 139 Å². The molecule has 0 spiro atoms. The van der Waals surface area contributed by atoms with Gasteiger partial charge in [-0.15, -0.1) is 0 Å². The van der Waals surface area contributed by atoms with Crippen molar-refractivity contribution in [2.45, 2.75) is 13.8 Å². The van der Waals surface area contributed by atoms with E-state index in [1.165, 1.54) is 12.1 Å². The van der Waals surface area contributed by atoms with Gasteiger partial charge in [0, 0.05) is 16.8 Å². The van der Waals surface area contributed by atoms with Gasteiger partial charge >= 0.3 is 0 Å². The van der Waals surface area contributed by atoms with Crippen LogP contribution in [-0.4, -0.2) is 12.2 Å². The van der Waals surface area contributed by atoms with Crippen LogP contribution in [0.4, 0.5) is 15.8 Å². The van der Waals surface area contributed by atoms with Gasteiger partial charge in [-0.3, -0.25) is 0 Å². The van der Waals surface area contributed by atoms with Gasteiger partial charge in [-0.25, -0.2) is 4.39 Å². The molecule has 2 N–H and O–H groups in total. The SMILES string of the molecule is COc1cc(Cl)c(C)cc1NC(=S)Nc1ccc(F)cc1C. The minimum Gasteiger partial charge on any atom is -0.495 e. The molecule has 0 heterocycles. The number of halogens is 2. The third-order valence-electron chi connectivity index (χ3n) is 3.17. The standard InChI is InChI=1S/C16H16ClFN2OS/c1-9-7-14(15(21-3)8-12(9)17)20-16(22)19-13-5-4-11(18)6-10(13)2/h4-8H,1-3H3,(H2,19,20,22). The molecule has 0 amide bonds. The van der Waals surface area contributed by atoms with Gasteiger partial charge in [0.25, 0.3) is 0 Å². The Balaban J connectivity index is 2.17. The molecule has 116 valence electrons. The highest BCUT2D eigenvalue weighted by Crippen LogP contribution is 2.31. The van der Waals surface area contributed by atoms with E-state index in [4.69, 9.17) is 28.6 Å². The Morgan fingerprint density at radius 3 is 2.41 bits per heavy atom. The van der Waals surface area contributed by atoms with Crippen molar-refractivity contribution in [1.29, 1.82) is 0 Å². The maximum atomic E-state index is 13.1. The normalized spacial score (nSPS) is 10.2. The molecule has 0 aliphatic heterocycles. The average Bonchev–Trinajstić information content (AvgIpc) is 2.45. The van der Waals surface area contributed by atoms with Gasteiger partial charge < -0.3 is 15.4 Å². The van der Waals surface area contributed by atoms with E-state index in [-0.39, 0.29) is 5.82 Å². The Morgan fingerprint density at radius 2 is 1.77 bits per heavy atom. The summed E-state index contributed by atoms with van der Waals surface area (Å²) in [6.45, 7) is 3.70. The van der Waals surface area contributed by atoms with Crippen LogP contribution in [0.15, 0.2) is 30.3 Å². The van der Waals surface area contributed by atoms with Crippen LogP contribution in [0.1, 0.15) is 11.1 Å². The molecule has 0 aromatic heterocycles. The van der Waals surface area contributed by atoms with Crippen molar-refractivity contribution in [3.8, 4) is 5.75 Å². The molecule has 0 unspecified atom stereocenters. The lowest BCUT2D eigenvalue weighted by molar-refractivity contribution is 0.417. The van der Waals surface area contributed by atoms with Gasteiger partial charge in [-0.1, -0.05) is 11.6 Å². The topological polar surface area (TPSA) is 33.3 Å². The highest BCUT2D eigenvalue weighted by atomic mass is 35.5. The molecule has 3 nitrogen and oxygen atoms in total. The van der Waals surface area contributed by atoms with Crippen LogP contribution < -0.4 is 15.4 Å². The van der Waals surface area contributed by atoms with Crippen LogP contribution in [0.3, 0.4) is 0 Å². The van der Waals surface area contributed by atoms with Crippen molar-refractivity contribution < 1.29 is 9.13 Å². The third kappa shape index (κ3) is 3.87. The van der Waals surface area contributed by atoms with Gasteiger partial charge in [-0.05, 0) is 61.5 Å². The number of hydrogen-bond donors (Lipinski definition) is 2. The number of ether oxygens (including phenoxy) is 1. The quantitative estimate of drug-likeness (QED) is 0.779. The Bertz CT molecular complexity index is 722. The van der Waals surface area contributed by atoms with Crippen LogP contribution in [-0.2, 0) is 0 Å². The van der Waals surface area contributed by atoms with Crippen molar-refractivity contribution in [2.24, 2.45) is 0 Å². The number of aryl methyl sites for hydroxylation is 2.